The first-order valence-electron chi connectivity index (χ1n) is 6.30. The van der Waals surface area contributed by atoms with Crippen LogP contribution in [0.15, 0.2) is 4.52 Å². The van der Waals surface area contributed by atoms with Gasteiger partial charge in [-0.3, -0.25) is 9.69 Å². The summed E-state index contributed by atoms with van der Waals surface area (Å²) in [6, 6.07) is 0.322. The molecule has 1 heterocycles. The van der Waals surface area contributed by atoms with Crippen molar-refractivity contribution < 1.29 is 14.4 Å². The summed E-state index contributed by atoms with van der Waals surface area (Å²) in [6.07, 6.45) is 1.55. The SMILES string of the molecule is CCc1nc(CN(CCCC(=O)O)C(C)C)no1. The van der Waals surface area contributed by atoms with Gasteiger partial charge in [0.2, 0.25) is 5.89 Å². The normalized spacial score (nSPS) is 11.4. The molecule has 0 spiro atoms. The molecule has 0 radical (unpaired) electrons. The Hall–Kier alpha value is -1.43. The summed E-state index contributed by atoms with van der Waals surface area (Å²) < 4.78 is 5.06. The predicted molar refractivity (Wildman–Crippen MR) is 66.1 cm³/mol. The average molecular weight is 255 g/mol. The van der Waals surface area contributed by atoms with E-state index in [1.807, 2.05) is 6.92 Å². The van der Waals surface area contributed by atoms with Gasteiger partial charge in [-0.15, -0.1) is 0 Å². The minimum absolute atomic E-state index is 0.190. The molecular weight excluding hydrogens is 234 g/mol. The molecule has 0 atom stereocenters. The largest absolute Gasteiger partial charge is 0.481 e. The minimum atomic E-state index is -0.758. The van der Waals surface area contributed by atoms with E-state index in [9.17, 15) is 4.79 Å². The van der Waals surface area contributed by atoms with E-state index in [0.29, 0.717) is 30.7 Å². The maximum absolute atomic E-state index is 10.5. The molecule has 18 heavy (non-hydrogen) atoms. The van der Waals surface area contributed by atoms with Crippen LogP contribution in [0.1, 0.15) is 45.3 Å². The van der Waals surface area contributed by atoms with E-state index in [1.54, 1.807) is 0 Å². The second-order valence-corrected chi connectivity index (χ2v) is 4.52. The van der Waals surface area contributed by atoms with Gasteiger partial charge in [-0.2, -0.15) is 4.98 Å². The molecule has 0 bridgehead atoms. The first-order valence-corrected chi connectivity index (χ1v) is 6.30. The van der Waals surface area contributed by atoms with E-state index in [-0.39, 0.29) is 6.42 Å². The number of carboxylic acid groups (broad SMARTS) is 1. The van der Waals surface area contributed by atoms with Crippen LogP contribution in [0.4, 0.5) is 0 Å². The Balaban J connectivity index is 2.49. The summed E-state index contributed by atoms with van der Waals surface area (Å²) in [4.78, 5) is 16.9. The minimum Gasteiger partial charge on any atom is -0.481 e. The van der Waals surface area contributed by atoms with Crippen molar-refractivity contribution >= 4 is 5.97 Å². The summed E-state index contributed by atoms with van der Waals surface area (Å²) in [5.74, 6) is 0.543. The number of hydrogen-bond acceptors (Lipinski definition) is 5. The van der Waals surface area contributed by atoms with Gasteiger partial charge in [0.05, 0.1) is 6.54 Å². The van der Waals surface area contributed by atoms with Crippen molar-refractivity contribution in [2.75, 3.05) is 6.54 Å². The fraction of sp³-hybridized carbons (Fsp3) is 0.750. The van der Waals surface area contributed by atoms with Crippen LogP contribution in [0.3, 0.4) is 0 Å². The van der Waals surface area contributed by atoms with Crippen LogP contribution in [0, 0.1) is 0 Å². The first-order chi connectivity index (χ1) is 8.52. The van der Waals surface area contributed by atoms with E-state index in [0.717, 1.165) is 13.0 Å². The monoisotopic (exact) mass is 255 g/mol. The molecule has 1 rings (SSSR count). The average Bonchev–Trinajstić information content (AvgIpc) is 2.74. The number of rotatable bonds is 8. The molecule has 0 aromatic carbocycles. The molecule has 0 saturated carbocycles. The molecule has 0 aliphatic carbocycles. The van der Waals surface area contributed by atoms with Crippen molar-refractivity contribution in [2.24, 2.45) is 0 Å². The second kappa shape index (κ2) is 7.10. The first kappa shape index (κ1) is 14.6. The summed E-state index contributed by atoms with van der Waals surface area (Å²) in [5, 5.41) is 12.5. The van der Waals surface area contributed by atoms with Gasteiger partial charge in [0.1, 0.15) is 0 Å². The zero-order valence-electron chi connectivity index (χ0n) is 11.2. The smallest absolute Gasteiger partial charge is 0.303 e. The maximum atomic E-state index is 10.5. The zero-order chi connectivity index (χ0) is 13.5. The van der Waals surface area contributed by atoms with E-state index in [1.165, 1.54) is 0 Å². The lowest BCUT2D eigenvalue weighted by molar-refractivity contribution is -0.137. The highest BCUT2D eigenvalue weighted by Crippen LogP contribution is 2.08. The van der Waals surface area contributed by atoms with Crippen molar-refractivity contribution in [2.45, 2.75) is 52.6 Å². The Morgan fingerprint density at radius 1 is 1.50 bits per heavy atom. The van der Waals surface area contributed by atoms with Gasteiger partial charge < -0.3 is 9.63 Å². The predicted octanol–water partition coefficient (Wildman–Crippen LogP) is 1.71. The van der Waals surface area contributed by atoms with Crippen molar-refractivity contribution in [3.05, 3.63) is 11.7 Å². The van der Waals surface area contributed by atoms with Crippen LogP contribution in [0.5, 0.6) is 0 Å². The number of carbonyl (C=O) groups is 1. The highest BCUT2D eigenvalue weighted by molar-refractivity contribution is 5.66. The Morgan fingerprint density at radius 3 is 2.72 bits per heavy atom. The van der Waals surface area contributed by atoms with Crippen LogP contribution in [0.25, 0.3) is 0 Å². The molecule has 0 aliphatic heterocycles. The lowest BCUT2D eigenvalue weighted by atomic mass is 10.2. The van der Waals surface area contributed by atoms with E-state index >= 15 is 0 Å². The Kier molecular flexibility index (Phi) is 5.77. The van der Waals surface area contributed by atoms with Crippen LogP contribution < -0.4 is 0 Å². The summed E-state index contributed by atoms with van der Waals surface area (Å²) in [5.41, 5.74) is 0. The Bertz CT molecular complexity index is 376. The lowest BCUT2D eigenvalue weighted by Crippen LogP contribution is -2.32. The van der Waals surface area contributed by atoms with Crippen LogP contribution >= 0.6 is 0 Å². The topological polar surface area (TPSA) is 79.5 Å². The molecule has 1 N–H and O–H groups in total. The number of hydrogen-bond donors (Lipinski definition) is 1. The van der Waals surface area contributed by atoms with Gasteiger partial charge in [-0.25, -0.2) is 0 Å². The summed E-state index contributed by atoms with van der Waals surface area (Å²) in [6.45, 7) is 7.42. The van der Waals surface area contributed by atoms with Crippen LogP contribution in [-0.4, -0.2) is 38.7 Å². The van der Waals surface area contributed by atoms with Gasteiger partial charge in [-0.1, -0.05) is 12.1 Å². The van der Waals surface area contributed by atoms with E-state index in [4.69, 9.17) is 9.63 Å². The molecule has 0 fully saturated rings. The number of carboxylic acids is 1. The molecule has 1 aromatic rings. The quantitative estimate of drug-likeness (QED) is 0.761. The van der Waals surface area contributed by atoms with E-state index in [2.05, 4.69) is 28.9 Å². The third-order valence-corrected chi connectivity index (χ3v) is 2.72. The lowest BCUT2D eigenvalue weighted by Gasteiger charge is -2.24. The van der Waals surface area contributed by atoms with Gasteiger partial charge in [0.15, 0.2) is 5.82 Å². The third-order valence-electron chi connectivity index (χ3n) is 2.72. The molecule has 1 aromatic heterocycles. The number of aryl methyl sites for hydroxylation is 1. The molecule has 6 heteroatoms. The Labute approximate surface area is 107 Å². The third kappa shape index (κ3) is 4.83. The highest BCUT2D eigenvalue weighted by atomic mass is 16.5. The summed E-state index contributed by atoms with van der Waals surface area (Å²) in [7, 11) is 0. The number of nitrogens with zero attached hydrogens (tertiary/aromatic N) is 3. The van der Waals surface area contributed by atoms with Gasteiger partial charge in [-0.05, 0) is 26.8 Å². The fourth-order valence-corrected chi connectivity index (χ4v) is 1.63. The number of aromatic nitrogens is 2. The van der Waals surface area contributed by atoms with Crippen molar-refractivity contribution in [3.63, 3.8) is 0 Å². The molecule has 0 saturated heterocycles. The van der Waals surface area contributed by atoms with Crippen molar-refractivity contribution in [1.29, 1.82) is 0 Å². The van der Waals surface area contributed by atoms with E-state index < -0.39 is 5.97 Å². The second-order valence-electron chi connectivity index (χ2n) is 4.52. The molecule has 102 valence electrons. The van der Waals surface area contributed by atoms with Crippen LogP contribution in [-0.2, 0) is 17.8 Å². The molecule has 0 amide bonds. The van der Waals surface area contributed by atoms with Crippen molar-refractivity contribution in [1.82, 2.24) is 15.0 Å². The van der Waals surface area contributed by atoms with Gasteiger partial charge in [0, 0.05) is 18.9 Å². The van der Waals surface area contributed by atoms with Gasteiger partial charge in [0.25, 0.3) is 0 Å². The number of aliphatic carboxylic acids is 1. The maximum Gasteiger partial charge on any atom is 0.303 e. The highest BCUT2D eigenvalue weighted by Gasteiger charge is 2.14. The standard InChI is InChI=1S/C12H21N3O3/c1-4-11-13-10(14-18-11)8-15(9(2)3)7-5-6-12(16)17/h9H,4-8H2,1-3H3,(H,16,17). The molecule has 0 unspecified atom stereocenters. The Morgan fingerprint density at radius 2 is 2.22 bits per heavy atom. The summed E-state index contributed by atoms with van der Waals surface area (Å²) >= 11 is 0. The molecule has 0 aliphatic rings. The molecule has 6 nitrogen and oxygen atoms in total. The molecular formula is C12H21N3O3. The zero-order valence-corrected chi connectivity index (χ0v) is 11.2. The van der Waals surface area contributed by atoms with Crippen LogP contribution in [0.2, 0.25) is 0 Å². The van der Waals surface area contributed by atoms with Crippen molar-refractivity contribution in [3.8, 4) is 0 Å². The fourth-order valence-electron chi connectivity index (χ4n) is 1.63. The van der Waals surface area contributed by atoms with Gasteiger partial charge >= 0.3 is 5.97 Å².